The summed E-state index contributed by atoms with van der Waals surface area (Å²) in [7, 11) is 0. The molecule has 1 aromatic carbocycles. The summed E-state index contributed by atoms with van der Waals surface area (Å²) in [4.78, 5) is 15.8. The van der Waals surface area contributed by atoms with Crippen molar-refractivity contribution in [3.05, 3.63) is 41.6 Å². The third-order valence-corrected chi connectivity index (χ3v) is 4.52. The minimum Gasteiger partial charge on any atom is -0.471 e. The highest BCUT2D eigenvalue weighted by molar-refractivity contribution is 5.69. The molecule has 27 heavy (non-hydrogen) atoms. The number of aliphatic imine (C=N–C) groups is 1. The van der Waals surface area contributed by atoms with Crippen molar-refractivity contribution in [2.75, 3.05) is 11.9 Å². The van der Waals surface area contributed by atoms with Crippen LogP contribution in [-0.4, -0.2) is 45.0 Å². The molecule has 0 saturated heterocycles. The molecule has 144 valence electrons. The molecule has 1 atom stereocenters. The maximum absolute atomic E-state index is 9.48. The summed E-state index contributed by atoms with van der Waals surface area (Å²) >= 11 is 0. The highest BCUT2D eigenvalue weighted by Gasteiger charge is 2.22. The van der Waals surface area contributed by atoms with Crippen molar-refractivity contribution >= 4 is 18.0 Å². The number of aliphatic hydroxyl groups excluding tert-OH is 1. The number of aliphatic hydroxyl groups is 1. The summed E-state index contributed by atoms with van der Waals surface area (Å²) in [5.41, 5.74) is 2.55. The minimum atomic E-state index is -0.0988. The zero-order chi connectivity index (χ0) is 19.2. The quantitative estimate of drug-likeness (QED) is 0.744. The molecular formula is C20H27N5O2. The normalized spacial score (nSPS) is 14.2. The lowest BCUT2D eigenvalue weighted by Gasteiger charge is -2.28. The van der Waals surface area contributed by atoms with E-state index in [1.165, 1.54) is 0 Å². The Morgan fingerprint density at radius 3 is 2.67 bits per heavy atom. The SMILES string of the molecule is CC[C@@H](CO)Nc1nc2c(c(OCc3ccccc3)n1)N=CN(C(C)C)C2. The van der Waals surface area contributed by atoms with E-state index < -0.39 is 0 Å². The first-order chi connectivity index (χ1) is 13.1. The molecule has 1 aromatic heterocycles. The van der Waals surface area contributed by atoms with Crippen LogP contribution < -0.4 is 10.1 Å². The molecule has 2 N–H and O–H groups in total. The number of benzene rings is 1. The number of rotatable bonds is 8. The van der Waals surface area contributed by atoms with E-state index in [2.05, 4.69) is 39.0 Å². The van der Waals surface area contributed by atoms with E-state index in [-0.39, 0.29) is 12.6 Å². The molecule has 1 aliphatic heterocycles. The summed E-state index contributed by atoms with van der Waals surface area (Å²) in [5.74, 6) is 0.914. The standard InChI is InChI=1S/C20H27N5O2/c1-4-16(11-26)22-20-23-17-10-25(14(2)3)13-21-18(17)19(24-20)27-12-15-8-6-5-7-9-15/h5-9,13-14,16,26H,4,10-12H2,1-3H3,(H,22,23,24)/t16-/m0/s1. The van der Waals surface area contributed by atoms with E-state index in [4.69, 9.17) is 4.74 Å². The van der Waals surface area contributed by atoms with Gasteiger partial charge in [0.25, 0.3) is 0 Å². The average molecular weight is 369 g/mol. The van der Waals surface area contributed by atoms with Crippen LogP contribution in [-0.2, 0) is 13.2 Å². The van der Waals surface area contributed by atoms with Gasteiger partial charge >= 0.3 is 0 Å². The second-order valence-corrected chi connectivity index (χ2v) is 6.86. The summed E-state index contributed by atoms with van der Waals surface area (Å²) in [5, 5.41) is 12.7. The van der Waals surface area contributed by atoms with Gasteiger partial charge in [0.1, 0.15) is 6.61 Å². The van der Waals surface area contributed by atoms with E-state index in [1.807, 2.05) is 43.6 Å². The Hall–Kier alpha value is -2.67. The number of anilines is 1. The smallest absolute Gasteiger partial charge is 0.245 e. The Bertz CT molecular complexity index is 775. The average Bonchev–Trinajstić information content (AvgIpc) is 2.70. The van der Waals surface area contributed by atoms with Crippen molar-refractivity contribution < 1.29 is 9.84 Å². The molecule has 2 aromatic rings. The van der Waals surface area contributed by atoms with E-state index in [9.17, 15) is 5.11 Å². The van der Waals surface area contributed by atoms with Crippen molar-refractivity contribution in [2.45, 2.75) is 52.4 Å². The van der Waals surface area contributed by atoms with E-state index in [0.29, 0.717) is 36.7 Å². The van der Waals surface area contributed by atoms with Crippen LogP contribution in [0.3, 0.4) is 0 Å². The van der Waals surface area contributed by atoms with E-state index in [0.717, 1.165) is 17.7 Å². The molecule has 0 radical (unpaired) electrons. The van der Waals surface area contributed by atoms with Gasteiger partial charge in [-0.1, -0.05) is 37.3 Å². The molecule has 7 heteroatoms. The summed E-state index contributed by atoms with van der Waals surface area (Å²) in [6.45, 7) is 7.30. The summed E-state index contributed by atoms with van der Waals surface area (Å²) in [6, 6.07) is 10.2. The van der Waals surface area contributed by atoms with Crippen molar-refractivity contribution in [1.82, 2.24) is 14.9 Å². The Balaban J connectivity index is 1.89. The third-order valence-electron chi connectivity index (χ3n) is 4.52. The van der Waals surface area contributed by atoms with Crippen LogP contribution in [0.5, 0.6) is 5.88 Å². The highest BCUT2D eigenvalue weighted by atomic mass is 16.5. The molecule has 0 fully saturated rings. The number of hydrogen-bond donors (Lipinski definition) is 2. The first-order valence-corrected chi connectivity index (χ1v) is 9.35. The van der Waals surface area contributed by atoms with Gasteiger partial charge in [0.15, 0.2) is 5.69 Å². The number of hydrogen-bond acceptors (Lipinski definition) is 7. The maximum atomic E-state index is 9.48. The molecule has 7 nitrogen and oxygen atoms in total. The van der Waals surface area contributed by atoms with Gasteiger partial charge in [0.05, 0.1) is 31.2 Å². The largest absolute Gasteiger partial charge is 0.471 e. The third kappa shape index (κ3) is 4.74. The number of ether oxygens (including phenoxy) is 1. The lowest BCUT2D eigenvalue weighted by atomic mass is 10.2. The van der Waals surface area contributed by atoms with Gasteiger partial charge in [-0.15, -0.1) is 0 Å². The van der Waals surface area contributed by atoms with Crippen LogP contribution >= 0.6 is 0 Å². The zero-order valence-corrected chi connectivity index (χ0v) is 16.1. The molecule has 0 amide bonds. The Kier molecular flexibility index (Phi) is 6.24. The van der Waals surface area contributed by atoms with Crippen LogP contribution in [0.25, 0.3) is 0 Å². The molecule has 0 bridgehead atoms. The molecule has 1 aliphatic rings. The number of nitrogens with one attached hydrogen (secondary N) is 1. The summed E-state index contributed by atoms with van der Waals surface area (Å²) in [6.07, 6.45) is 2.59. The minimum absolute atomic E-state index is 0.0213. The molecule has 0 unspecified atom stereocenters. The summed E-state index contributed by atoms with van der Waals surface area (Å²) < 4.78 is 5.99. The van der Waals surface area contributed by atoms with Gasteiger partial charge in [-0.3, -0.25) is 0 Å². The second-order valence-electron chi connectivity index (χ2n) is 6.86. The fourth-order valence-corrected chi connectivity index (χ4v) is 2.73. The molecule has 0 saturated carbocycles. The van der Waals surface area contributed by atoms with Crippen molar-refractivity contribution in [2.24, 2.45) is 4.99 Å². The number of fused-ring (bicyclic) bond motifs is 1. The van der Waals surface area contributed by atoms with Crippen LogP contribution in [0, 0.1) is 0 Å². The molecule has 0 aliphatic carbocycles. The van der Waals surface area contributed by atoms with Crippen molar-refractivity contribution in [1.29, 1.82) is 0 Å². The molecule has 2 heterocycles. The van der Waals surface area contributed by atoms with Crippen molar-refractivity contribution in [3.63, 3.8) is 0 Å². The zero-order valence-electron chi connectivity index (χ0n) is 16.1. The first-order valence-electron chi connectivity index (χ1n) is 9.35. The molecule has 0 spiro atoms. The molecular weight excluding hydrogens is 342 g/mol. The monoisotopic (exact) mass is 369 g/mol. The van der Waals surface area contributed by atoms with Crippen LogP contribution in [0.15, 0.2) is 35.3 Å². The topological polar surface area (TPSA) is 82.9 Å². The van der Waals surface area contributed by atoms with Crippen LogP contribution in [0.4, 0.5) is 11.6 Å². The van der Waals surface area contributed by atoms with Gasteiger partial charge in [-0.2, -0.15) is 4.98 Å². The predicted molar refractivity (Wildman–Crippen MR) is 106 cm³/mol. The van der Waals surface area contributed by atoms with Crippen LogP contribution in [0.2, 0.25) is 0 Å². The van der Waals surface area contributed by atoms with Gasteiger partial charge in [0.2, 0.25) is 11.8 Å². The predicted octanol–water partition coefficient (Wildman–Crippen LogP) is 3.12. The number of aromatic nitrogens is 2. The van der Waals surface area contributed by atoms with Gasteiger partial charge in [-0.25, -0.2) is 9.98 Å². The van der Waals surface area contributed by atoms with E-state index in [1.54, 1.807) is 0 Å². The maximum Gasteiger partial charge on any atom is 0.245 e. The van der Waals surface area contributed by atoms with Crippen LogP contribution in [0.1, 0.15) is 38.4 Å². The lowest BCUT2D eigenvalue weighted by Crippen LogP contribution is -2.32. The van der Waals surface area contributed by atoms with E-state index >= 15 is 0 Å². The first kappa shape index (κ1) is 19.1. The number of nitrogens with zero attached hydrogens (tertiary/aromatic N) is 4. The molecule has 3 rings (SSSR count). The fourth-order valence-electron chi connectivity index (χ4n) is 2.73. The Morgan fingerprint density at radius 1 is 1.22 bits per heavy atom. The second kappa shape index (κ2) is 8.81. The Morgan fingerprint density at radius 2 is 2.00 bits per heavy atom. The fraction of sp³-hybridized carbons (Fsp3) is 0.450. The highest BCUT2D eigenvalue weighted by Crippen LogP contribution is 2.34. The Labute approximate surface area is 160 Å². The lowest BCUT2D eigenvalue weighted by molar-refractivity contribution is 0.270. The van der Waals surface area contributed by atoms with Gasteiger partial charge in [-0.05, 0) is 25.8 Å². The van der Waals surface area contributed by atoms with Gasteiger partial charge < -0.3 is 20.1 Å². The van der Waals surface area contributed by atoms with Gasteiger partial charge in [0, 0.05) is 6.04 Å². The van der Waals surface area contributed by atoms with Crippen molar-refractivity contribution in [3.8, 4) is 5.88 Å².